The summed E-state index contributed by atoms with van der Waals surface area (Å²) in [5.74, 6) is 1.11. The third-order valence-electron chi connectivity index (χ3n) is 3.28. The minimum absolute atomic E-state index is 0.539. The van der Waals surface area contributed by atoms with Gasteiger partial charge in [-0.25, -0.2) is 4.98 Å². The summed E-state index contributed by atoms with van der Waals surface area (Å²) in [5, 5.41) is 0. The summed E-state index contributed by atoms with van der Waals surface area (Å²) < 4.78 is 7.56. The summed E-state index contributed by atoms with van der Waals surface area (Å²) >= 11 is 0. The molecule has 0 saturated carbocycles. The van der Waals surface area contributed by atoms with Crippen molar-refractivity contribution in [2.45, 2.75) is 19.4 Å². The molecule has 1 saturated heterocycles. The second kappa shape index (κ2) is 4.33. The lowest BCUT2D eigenvalue weighted by Crippen LogP contribution is -2.22. The first-order chi connectivity index (χ1) is 8.34. The molecule has 1 aliphatic heterocycles. The number of nitrogens with two attached hydrogens (primary N) is 1. The van der Waals surface area contributed by atoms with Crippen LogP contribution < -0.4 is 5.73 Å². The molecule has 1 fully saturated rings. The number of anilines is 1. The molecule has 3 rings (SSSR count). The van der Waals surface area contributed by atoms with Gasteiger partial charge in [-0.3, -0.25) is 4.98 Å². The zero-order valence-corrected chi connectivity index (χ0v) is 9.67. The molecule has 5 heteroatoms. The second-order valence-corrected chi connectivity index (χ2v) is 4.53. The molecule has 1 atom stereocenters. The Morgan fingerprint density at radius 1 is 1.53 bits per heavy atom. The first kappa shape index (κ1) is 10.5. The van der Waals surface area contributed by atoms with Gasteiger partial charge in [-0.15, -0.1) is 0 Å². The van der Waals surface area contributed by atoms with Gasteiger partial charge >= 0.3 is 0 Å². The molecule has 0 aliphatic carbocycles. The fourth-order valence-electron chi connectivity index (χ4n) is 2.40. The average Bonchev–Trinajstić information content (AvgIpc) is 2.68. The van der Waals surface area contributed by atoms with Gasteiger partial charge in [0.25, 0.3) is 0 Å². The van der Waals surface area contributed by atoms with Crippen molar-refractivity contribution in [3.8, 4) is 0 Å². The molecule has 0 bridgehead atoms. The van der Waals surface area contributed by atoms with Crippen LogP contribution in [0.1, 0.15) is 12.8 Å². The molecule has 2 aromatic rings. The smallest absolute Gasteiger partial charge is 0.201 e. The number of imidazole rings is 1. The molecule has 0 radical (unpaired) electrons. The van der Waals surface area contributed by atoms with Gasteiger partial charge in [0.1, 0.15) is 5.52 Å². The maximum atomic E-state index is 5.95. The van der Waals surface area contributed by atoms with Crippen LogP contribution in [0.2, 0.25) is 0 Å². The fraction of sp³-hybridized carbons (Fsp3) is 0.500. The second-order valence-electron chi connectivity index (χ2n) is 4.53. The van der Waals surface area contributed by atoms with Crippen LogP contribution >= 0.6 is 0 Å². The summed E-state index contributed by atoms with van der Waals surface area (Å²) in [6.07, 6.45) is 5.86. The first-order valence-electron chi connectivity index (χ1n) is 5.98. The average molecular weight is 232 g/mol. The molecule has 90 valence electrons. The number of aromatic nitrogens is 3. The van der Waals surface area contributed by atoms with Crippen molar-refractivity contribution in [3.05, 3.63) is 18.5 Å². The van der Waals surface area contributed by atoms with E-state index < -0.39 is 0 Å². The first-order valence-corrected chi connectivity index (χ1v) is 5.98. The maximum absolute atomic E-state index is 5.95. The minimum atomic E-state index is 0.539. The van der Waals surface area contributed by atoms with Crippen molar-refractivity contribution in [1.82, 2.24) is 14.5 Å². The van der Waals surface area contributed by atoms with Gasteiger partial charge in [0, 0.05) is 25.3 Å². The number of fused-ring (bicyclic) bond motifs is 1. The Bertz CT molecular complexity index is 516. The predicted molar refractivity (Wildman–Crippen MR) is 65.5 cm³/mol. The van der Waals surface area contributed by atoms with Gasteiger partial charge in [0.15, 0.2) is 0 Å². The van der Waals surface area contributed by atoms with Crippen LogP contribution in [0.3, 0.4) is 0 Å². The lowest BCUT2D eigenvalue weighted by Gasteiger charge is -2.22. The van der Waals surface area contributed by atoms with Crippen LogP contribution in [0.5, 0.6) is 0 Å². The molecule has 3 heterocycles. The Morgan fingerprint density at radius 2 is 2.47 bits per heavy atom. The molecule has 17 heavy (non-hydrogen) atoms. The number of nitrogen functional groups attached to an aromatic ring is 1. The monoisotopic (exact) mass is 232 g/mol. The molecule has 0 spiro atoms. The molecule has 5 nitrogen and oxygen atoms in total. The highest BCUT2D eigenvalue weighted by molar-refractivity contribution is 5.76. The van der Waals surface area contributed by atoms with Crippen molar-refractivity contribution in [2.75, 3.05) is 18.9 Å². The summed E-state index contributed by atoms with van der Waals surface area (Å²) in [5.41, 5.74) is 7.87. The molecule has 0 aromatic carbocycles. The van der Waals surface area contributed by atoms with E-state index in [0.717, 1.165) is 37.2 Å². The predicted octanol–water partition coefficient (Wildman–Crippen LogP) is 1.44. The molecule has 2 N–H and O–H groups in total. The maximum Gasteiger partial charge on any atom is 0.201 e. The highest BCUT2D eigenvalue weighted by atomic mass is 16.5. The number of rotatable bonds is 2. The van der Waals surface area contributed by atoms with Crippen molar-refractivity contribution in [3.63, 3.8) is 0 Å². The van der Waals surface area contributed by atoms with Gasteiger partial charge in [-0.1, -0.05) is 0 Å². The van der Waals surface area contributed by atoms with Crippen molar-refractivity contribution < 1.29 is 4.74 Å². The van der Waals surface area contributed by atoms with Gasteiger partial charge in [-0.05, 0) is 18.9 Å². The van der Waals surface area contributed by atoms with E-state index in [0.29, 0.717) is 11.9 Å². The summed E-state index contributed by atoms with van der Waals surface area (Å²) in [6.45, 7) is 2.59. The number of ether oxygens (including phenoxy) is 1. The van der Waals surface area contributed by atoms with Crippen molar-refractivity contribution in [1.29, 1.82) is 0 Å². The minimum Gasteiger partial charge on any atom is -0.381 e. The van der Waals surface area contributed by atoms with E-state index in [1.54, 1.807) is 12.4 Å². The number of hydrogen-bond donors (Lipinski definition) is 1. The standard InChI is InChI=1S/C12H16N4O/c13-12-15-10-6-14-4-3-11(10)16(12)7-9-2-1-5-17-8-9/h3-4,6,9H,1-2,5,7-8H2,(H2,13,15). The van der Waals surface area contributed by atoms with Crippen LogP contribution in [0, 0.1) is 5.92 Å². The third-order valence-corrected chi connectivity index (χ3v) is 3.28. The van der Waals surface area contributed by atoms with Gasteiger partial charge in [-0.2, -0.15) is 0 Å². The molecular weight excluding hydrogens is 216 g/mol. The van der Waals surface area contributed by atoms with Crippen LogP contribution in [0.15, 0.2) is 18.5 Å². The summed E-state index contributed by atoms with van der Waals surface area (Å²) in [6, 6.07) is 1.96. The summed E-state index contributed by atoms with van der Waals surface area (Å²) in [7, 11) is 0. The van der Waals surface area contributed by atoms with Crippen LogP contribution in [-0.2, 0) is 11.3 Å². The van der Waals surface area contributed by atoms with Crippen molar-refractivity contribution in [2.24, 2.45) is 5.92 Å². The zero-order valence-electron chi connectivity index (χ0n) is 9.67. The highest BCUT2D eigenvalue weighted by Gasteiger charge is 2.17. The van der Waals surface area contributed by atoms with E-state index in [1.807, 2.05) is 6.07 Å². The Morgan fingerprint density at radius 3 is 3.29 bits per heavy atom. The largest absolute Gasteiger partial charge is 0.381 e. The Kier molecular flexibility index (Phi) is 2.68. The summed E-state index contributed by atoms with van der Waals surface area (Å²) in [4.78, 5) is 8.37. The van der Waals surface area contributed by atoms with E-state index in [2.05, 4.69) is 14.5 Å². The molecule has 0 amide bonds. The van der Waals surface area contributed by atoms with E-state index in [1.165, 1.54) is 6.42 Å². The van der Waals surface area contributed by atoms with E-state index in [-0.39, 0.29) is 0 Å². The van der Waals surface area contributed by atoms with Gasteiger partial charge < -0.3 is 15.0 Å². The third kappa shape index (κ3) is 1.98. The van der Waals surface area contributed by atoms with E-state index in [9.17, 15) is 0 Å². The van der Waals surface area contributed by atoms with Crippen LogP contribution in [0.25, 0.3) is 11.0 Å². The topological polar surface area (TPSA) is 66.0 Å². The van der Waals surface area contributed by atoms with Crippen LogP contribution in [0.4, 0.5) is 5.95 Å². The molecule has 1 unspecified atom stereocenters. The number of hydrogen-bond acceptors (Lipinski definition) is 4. The highest BCUT2D eigenvalue weighted by Crippen LogP contribution is 2.22. The lowest BCUT2D eigenvalue weighted by molar-refractivity contribution is 0.0490. The number of nitrogens with zero attached hydrogens (tertiary/aromatic N) is 3. The molecule has 2 aromatic heterocycles. The fourth-order valence-corrected chi connectivity index (χ4v) is 2.40. The van der Waals surface area contributed by atoms with E-state index >= 15 is 0 Å². The van der Waals surface area contributed by atoms with Crippen LogP contribution in [-0.4, -0.2) is 27.7 Å². The molecular formula is C12H16N4O. The van der Waals surface area contributed by atoms with E-state index in [4.69, 9.17) is 10.5 Å². The number of pyridine rings is 1. The Hall–Kier alpha value is -1.62. The Labute approximate surface area is 99.6 Å². The zero-order chi connectivity index (χ0) is 11.7. The Balaban J connectivity index is 1.90. The SMILES string of the molecule is Nc1nc2cnccc2n1CC1CCCOC1. The van der Waals surface area contributed by atoms with Crippen molar-refractivity contribution >= 4 is 17.0 Å². The normalized spacial score (nSPS) is 20.8. The lowest BCUT2D eigenvalue weighted by atomic mass is 10.0. The molecule has 1 aliphatic rings. The van der Waals surface area contributed by atoms with Gasteiger partial charge in [0.2, 0.25) is 5.95 Å². The quantitative estimate of drug-likeness (QED) is 0.850. The van der Waals surface area contributed by atoms with Gasteiger partial charge in [0.05, 0.1) is 18.3 Å².